The van der Waals surface area contributed by atoms with E-state index in [4.69, 9.17) is 15.3 Å². The zero-order valence-corrected chi connectivity index (χ0v) is 10.5. The Morgan fingerprint density at radius 2 is 1.89 bits per heavy atom. The van der Waals surface area contributed by atoms with Crippen LogP contribution in [-0.2, 0) is 0 Å². The van der Waals surface area contributed by atoms with Crippen molar-refractivity contribution in [2.24, 2.45) is 4.99 Å². The molecule has 0 fully saturated rings. The molecule has 0 bridgehead atoms. The highest BCUT2D eigenvalue weighted by molar-refractivity contribution is 5.81. The fourth-order valence-electron chi connectivity index (χ4n) is 1.39. The van der Waals surface area contributed by atoms with E-state index in [1.807, 2.05) is 0 Å². The van der Waals surface area contributed by atoms with Gasteiger partial charge in [0, 0.05) is 17.8 Å². The number of nitro benzene ring substituents is 1. The molecule has 0 aromatic heterocycles. The molecule has 0 saturated heterocycles. The first-order valence-corrected chi connectivity index (χ1v) is 5.61. The van der Waals surface area contributed by atoms with E-state index in [2.05, 4.69) is 4.99 Å². The maximum absolute atomic E-state index is 10.8. The highest BCUT2D eigenvalue weighted by Crippen LogP contribution is 2.19. The molecule has 1 aromatic rings. The van der Waals surface area contributed by atoms with Gasteiger partial charge in [0.05, 0.1) is 24.7 Å². The predicted molar refractivity (Wildman–Crippen MR) is 69.4 cm³/mol. The lowest BCUT2D eigenvalue weighted by Crippen LogP contribution is -2.39. The number of hydrogen-bond donors (Lipinski definition) is 3. The number of aliphatic hydroxyl groups excluding tert-OH is 3. The molecule has 19 heavy (non-hydrogen) atoms. The number of aliphatic hydroxyl groups is 3. The summed E-state index contributed by atoms with van der Waals surface area (Å²) >= 11 is 0. The van der Waals surface area contributed by atoms with Crippen molar-refractivity contribution >= 4 is 11.9 Å². The van der Waals surface area contributed by atoms with Gasteiger partial charge in [-0.25, -0.2) is 0 Å². The van der Waals surface area contributed by atoms with E-state index in [1.165, 1.54) is 12.3 Å². The molecule has 3 N–H and O–H groups in total. The molecule has 0 radical (unpaired) electrons. The molecule has 0 aliphatic heterocycles. The largest absolute Gasteiger partial charge is 0.394 e. The molecular formula is C12H16N2O5. The Morgan fingerprint density at radius 1 is 1.32 bits per heavy atom. The molecule has 0 heterocycles. The van der Waals surface area contributed by atoms with E-state index >= 15 is 0 Å². The molecule has 0 aliphatic carbocycles. The van der Waals surface area contributed by atoms with Crippen LogP contribution >= 0.6 is 0 Å². The Kier molecular flexibility index (Phi) is 5.11. The van der Waals surface area contributed by atoms with Crippen LogP contribution in [0.1, 0.15) is 11.1 Å². The summed E-state index contributed by atoms with van der Waals surface area (Å²) in [5, 5.41) is 38.1. The Hall–Kier alpha value is -1.83. The van der Waals surface area contributed by atoms with Gasteiger partial charge in [0.2, 0.25) is 0 Å². The monoisotopic (exact) mass is 268 g/mol. The topological polar surface area (TPSA) is 116 Å². The zero-order chi connectivity index (χ0) is 14.5. The van der Waals surface area contributed by atoms with E-state index in [-0.39, 0.29) is 5.69 Å². The lowest BCUT2D eigenvalue weighted by atomic mass is 10.0. The minimum Gasteiger partial charge on any atom is -0.394 e. The summed E-state index contributed by atoms with van der Waals surface area (Å²) in [6.07, 6.45) is 1.29. The first-order valence-electron chi connectivity index (χ1n) is 5.61. The fraction of sp³-hybridized carbons (Fsp3) is 0.417. The van der Waals surface area contributed by atoms with Crippen molar-refractivity contribution < 1.29 is 20.2 Å². The summed E-state index contributed by atoms with van der Waals surface area (Å²) < 4.78 is 0. The Bertz CT molecular complexity index is 475. The third-order valence-electron chi connectivity index (χ3n) is 2.80. The molecule has 0 unspecified atom stereocenters. The molecular weight excluding hydrogens is 252 g/mol. The smallest absolute Gasteiger partial charge is 0.272 e. The number of aryl methyl sites for hydroxylation is 1. The summed E-state index contributed by atoms with van der Waals surface area (Å²) in [7, 11) is 0. The second kappa shape index (κ2) is 6.37. The molecule has 104 valence electrons. The standard InChI is InChI=1S/C12H16N2O5/c1-9-2-3-10(4-11(9)14(18)19)5-13-12(6-15,7-16)8-17/h2-5,15-17H,6-8H2,1H3. The first-order chi connectivity index (χ1) is 8.98. The van der Waals surface area contributed by atoms with E-state index in [9.17, 15) is 10.1 Å². The lowest BCUT2D eigenvalue weighted by Gasteiger charge is -2.21. The third kappa shape index (κ3) is 3.57. The SMILES string of the molecule is Cc1ccc(C=NC(CO)(CO)CO)cc1[N+](=O)[O-]. The molecule has 1 aromatic carbocycles. The van der Waals surface area contributed by atoms with E-state index < -0.39 is 30.3 Å². The molecule has 7 nitrogen and oxygen atoms in total. The van der Waals surface area contributed by atoms with Crippen LogP contribution in [0.5, 0.6) is 0 Å². The molecule has 0 saturated carbocycles. The summed E-state index contributed by atoms with van der Waals surface area (Å²) in [6.45, 7) is 0.0535. The summed E-state index contributed by atoms with van der Waals surface area (Å²) in [5.74, 6) is 0. The highest BCUT2D eigenvalue weighted by atomic mass is 16.6. The van der Waals surface area contributed by atoms with Gasteiger partial charge in [0.1, 0.15) is 5.54 Å². The Balaban J connectivity index is 3.05. The summed E-state index contributed by atoms with van der Waals surface area (Å²) in [4.78, 5) is 14.2. The Labute approximate surface area is 110 Å². The molecule has 0 amide bonds. The number of benzene rings is 1. The van der Waals surface area contributed by atoms with Crippen LogP contribution in [0.2, 0.25) is 0 Å². The lowest BCUT2D eigenvalue weighted by molar-refractivity contribution is -0.385. The summed E-state index contributed by atoms with van der Waals surface area (Å²) in [6, 6.07) is 4.55. The number of rotatable bonds is 6. The van der Waals surface area contributed by atoms with Gasteiger partial charge in [-0.3, -0.25) is 15.1 Å². The Morgan fingerprint density at radius 3 is 2.37 bits per heavy atom. The van der Waals surface area contributed by atoms with E-state index in [0.29, 0.717) is 11.1 Å². The van der Waals surface area contributed by atoms with Crippen molar-refractivity contribution in [2.75, 3.05) is 19.8 Å². The minimum absolute atomic E-state index is 0.0356. The second-order valence-electron chi connectivity index (χ2n) is 4.26. The van der Waals surface area contributed by atoms with Gasteiger partial charge in [0.15, 0.2) is 0 Å². The third-order valence-corrected chi connectivity index (χ3v) is 2.80. The van der Waals surface area contributed by atoms with Crippen molar-refractivity contribution in [3.05, 3.63) is 39.4 Å². The van der Waals surface area contributed by atoms with Crippen molar-refractivity contribution in [1.29, 1.82) is 0 Å². The van der Waals surface area contributed by atoms with E-state index in [0.717, 1.165) is 0 Å². The normalized spacial score (nSPS) is 12.0. The van der Waals surface area contributed by atoms with Gasteiger partial charge in [-0.2, -0.15) is 0 Å². The van der Waals surface area contributed by atoms with Crippen LogP contribution in [-0.4, -0.2) is 51.8 Å². The van der Waals surface area contributed by atoms with Crippen molar-refractivity contribution in [3.63, 3.8) is 0 Å². The maximum atomic E-state index is 10.8. The summed E-state index contributed by atoms with van der Waals surface area (Å²) in [5.41, 5.74) is -0.428. The van der Waals surface area contributed by atoms with Crippen LogP contribution in [0.15, 0.2) is 23.2 Å². The average Bonchev–Trinajstić information content (AvgIpc) is 2.42. The van der Waals surface area contributed by atoms with Gasteiger partial charge >= 0.3 is 0 Å². The zero-order valence-electron chi connectivity index (χ0n) is 10.5. The molecule has 0 spiro atoms. The highest BCUT2D eigenvalue weighted by Gasteiger charge is 2.26. The van der Waals surface area contributed by atoms with Crippen molar-refractivity contribution in [2.45, 2.75) is 12.5 Å². The van der Waals surface area contributed by atoms with Crippen LogP contribution in [0, 0.1) is 17.0 Å². The number of aliphatic imine (C=N–C) groups is 1. The van der Waals surface area contributed by atoms with Crippen LogP contribution in [0.4, 0.5) is 5.69 Å². The second-order valence-corrected chi connectivity index (χ2v) is 4.26. The van der Waals surface area contributed by atoms with Gasteiger partial charge in [-0.15, -0.1) is 0 Å². The first kappa shape index (κ1) is 15.2. The van der Waals surface area contributed by atoms with Gasteiger partial charge in [0.25, 0.3) is 5.69 Å². The van der Waals surface area contributed by atoms with Crippen LogP contribution in [0.3, 0.4) is 0 Å². The van der Waals surface area contributed by atoms with Gasteiger partial charge in [-0.1, -0.05) is 12.1 Å². The van der Waals surface area contributed by atoms with Gasteiger partial charge < -0.3 is 15.3 Å². The maximum Gasteiger partial charge on any atom is 0.272 e. The minimum atomic E-state index is -1.38. The molecule has 1 rings (SSSR count). The number of nitro groups is 1. The van der Waals surface area contributed by atoms with Gasteiger partial charge in [-0.05, 0) is 12.5 Å². The number of nitrogens with zero attached hydrogens (tertiary/aromatic N) is 2. The molecule has 7 heteroatoms. The van der Waals surface area contributed by atoms with Crippen molar-refractivity contribution in [3.8, 4) is 0 Å². The fourth-order valence-corrected chi connectivity index (χ4v) is 1.39. The predicted octanol–water partition coefficient (Wildman–Crippen LogP) is 0.0378. The van der Waals surface area contributed by atoms with E-state index in [1.54, 1.807) is 19.1 Å². The quantitative estimate of drug-likeness (QED) is 0.382. The van der Waals surface area contributed by atoms with Crippen molar-refractivity contribution in [1.82, 2.24) is 0 Å². The number of hydrogen-bond acceptors (Lipinski definition) is 6. The molecule has 0 aliphatic rings. The van der Waals surface area contributed by atoms with Crippen LogP contribution in [0.25, 0.3) is 0 Å². The molecule has 0 atom stereocenters. The van der Waals surface area contributed by atoms with Crippen LogP contribution < -0.4 is 0 Å². The average molecular weight is 268 g/mol.